The zero-order chi connectivity index (χ0) is 27.7. The van der Waals surface area contributed by atoms with E-state index in [1.165, 1.54) is 5.56 Å². The number of carbonyl (C=O) groups is 2. The standard InChI is InChI=1S/C17H24BNO3.C11H13BNO3/c1-6-15(20)19-10-9-12-11-13(7-8-14(12)19)18-21-16(2,3)17(4,5)22-18;1-2-11(14)13-6-5-8-7-9(16-12-15)3-4-10(8)13/h7-8,11H,6,9-10H2,1-5H3;3-4,7,15H,2,5-6H2,1H3. The van der Waals surface area contributed by atoms with E-state index >= 15 is 0 Å². The Bertz CT molecular complexity index is 1190. The Morgan fingerprint density at radius 1 is 0.895 bits per heavy atom. The summed E-state index contributed by atoms with van der Waals surface area (Å²) in [6, 6.07) is 11.6. The third-order valence-electron chi connectivity index (χ3n) is 7.87. The van der Waals surface area contributed by atoms with Crippen molar-refractivity contribution in [2.75, 3.05) is 22.9 Å². The van der Waals surface area contributed by atoms with Crippen LogP contribution in [-0.2, 0) is 31.7 Å². The topological polar surface area (TPSA) is 88.5 Å². The van der Waals surface area contributed by atoms with Crippen LogP contribution in [0.4, 0.5) is 11.4 Å². The van der Waals surface area contributed by atoms with Crippen molar-refractivity contribution >= 4 is 43.5 Å². The van der Waals surface area contributed by atoms with E-state index in [0.29, 0.717) is 26.3 Å². The van der Waals surface area contributed by atoms with Gasteiger partial charge in [0.05, 0.1) is 11.2 Å². The zero-order valence-electron chi connectivity index (χ0n) is 23.2. The predicted molar refractivity (Wildman–Crippen MR) is 150 cm³/mol. The second-order valence-corrected chi connectivity index (χ2v) is 10.8. The van der Waals surface area contributed by atoms with Gasteiger partial charge in [-0.05, 0) is 81.4 Å². The highest BCUT2D eigenvalue weighted by Crippen LogP contribution is 2.37. The monoisotopic (exact) mass is 519 g/mol. The molecular formula is C28H37B2N2O6. The number of benzene rings is 2. The van der Waals surface area contributed by atoms with Gasteiger partial charge < -0.3 is 28.8 Å². The Morgan fingerprint density at radius 2 is 1.39 bits per heavy atom. The first-order chi connectivity index (χ1) is 18.0. The van der Waals surface area contributed by atoms with Crippen LogP contribution >= 0.6 is 0 Å². The molecule has 2 aromatic carbocycles. The van der Waals surface area contributed by atoms with Gasteiger partial charge in [-0.15, -0.1) is 0 Å². The van der Waals surface area contributed by atoms with Crippen LogP contribution in [0.2, 0.25) is 0 Å². The van der Waals surface area contributed by atoms with E-state index in [0.717, 1.165) is 48.3 Å². The van der Waals surface area contributed by atoms with Crippen molar-refractivity contribution in [3.8, 4) is 5.75 Å². The molecule has 1 N–H and O–H groups in total. The van der Waals surface area contributed by atoms with Crippen molar-refractivity contribution in [1.29, 1.82) is 0 Å². The normalized spacial score (nSPS) is 18.4. The Labute approximate surface area is 226 Å². The second-order valence-electron chi connectivity index (χ2n) is 10.8. The van der Waals surface area contributed by atoms with Crippen molar-refractivity contribution in [2.24, 2.45) is 0 Å². The molecule has 0 unspecified atom stereocenters. The number of fused-ring (bicyclic) bond motifs is 2. The molecule has 0 saturated carbocycles. The van der Waals surface area contributed by atoms with Gasteiger partial charge in [-0.25, -0.2) is 0 Å². The van der Waals surface area contributed by atoms with E-state index < -0.39 is 0 Å². The predicted octanol–water partition coefficient (Wildman–Crippen LogP) is 3.18. The van der Waals surface area contributed by atoms with E-state index in [9.17, 15) is 9.59 Å². The largest absolute Gasteiger partial charge is 0.569 e. The minimum Gasteiger partial charge on any atom is -0.537 e. The molecule has 1 radical (unpaired) electrons. The van der Waals surface area contributed by atoms with Gasteiger partial charge in [-0.3, -0.25) is 9.59 Å². The van der Waals surface area contributed by atoms with Crippen LogP contribution < -0.4 is 19.9 Å². The van der Waals surface area contributed by atoms with E-state index in [1.54, 1.807) is 11.0 Å². The lowest BCUT2D eigenvalue weighted by molar-refractivity contribution is -0.119. The first kappa shape index (κ1) is 28.2. The van der Waals surface area contributed by atoms with Crippen LogP contribution in [0.15, 0.2) is 36.4 Å². The average Bonchev–Trinajstić information content (AvgIpc) is 3.56. The lowest BCUT2D eigenvalue weighted by Gasteiger charge is -2.32. The molecule has 201 valence electrons. The van der Waals surface area contributed by atoms with Gasteiger partial charge >= 0.3 is 14.8 Å². The maximum Gasteiger partial charge on any atom is 0.569 e. The summed E-state index contributed by atoms with van der Waals surface area (Å²) in [4.78, 5) is 27.3. The van der Waals surface area contributed by atoms with E-state index in [2.05, 4.69) is 33.8 Å². The summed E-state index contributed by atoms with van der Waals surface area (Å²) in [5.74, 6) is 0.912. The van der Waals surface area contributed by atoms with Crippen LogP contribution in [-0.4, -0.2) is 55.9 Å². The van der Waals surface area contributed by atoms with Crippen LogP contribution in [0.1, 0.15) is 65.5 Å². The maximum atomic E-state index is 12.0. The number of hydrogen-bond acceptors (Lipinski definition) is 6. The Balaban J connectivity index is 0.000000186. The average molecular weight is 519 g/mol. The molecule has 38 heavy (non-hydrogen) atoms. The summed E-state index contributed by atoms with van der Waals surface area (Å²) in [5, 5.41) is 8.53. The van der Waals surface area contributed by atoms with Gasteiger partial charge in [0.15, 0.2) is 0 Å². The van der Waals surface area contributed by atoms with Gasteiger partial charge in [0.1, 0.15) is 5.75 Å². The van der Waals surface area contributed by atoms with Crippen LogP contribution in [0.5, 0.6) is 5.75 Å². The highest BCUT2D eigenvalue weighted by molar-refractivity contribution is 6.62. The number of anilines is 2. The molecule has 0 aromatic heterocycles. The molecule has 3 aliphatic rings. The molecule has 2 amide bonds. The summed E-state index contributed by atoms with van der Waals surface area (Å²) < 4.78 is 17.1. The van der Waals surface area contributed by atoms with E-state index in [-0.39, 0.29) is 30.1 Å². The van der Waals surface area contributed by atoms with Crippen LogP contribution in [0, 0.1) is 0 Å². The molecule has 5 rings (SSSR count). The number of amides is 2. The quantitative estimate of drug-likeness (QED) is 0.611. The summed E-state index contributed by atoms with van der Waals surface area (Å²) in [5.41, 5.74) is 4.64. The molecule has 1 fully saturated rings. The highest BCUT2D eigenvalue weighted by Gasteiger charge is 2.51. The molecule has 3 heterocycles. The Kier molecular flexibility index (Phi) is 8.26. The van der Waals surface area contributed by atoms with Gasteiger partial charge in [-0.2, -0.15) is 0 Å². The van der Waals surface area contributed by atoms with Gasteiger partial charge in [0, 0.05) is 37.3 Å². The first-order valence-corrected chi connectivity index (χ1v) is 13.4. The molecule has 0 spiro atoms. The number of nitrogens with zero attached hydrogens (tertiary/aromatic N) is 2. The second kappa shape index (κ2) is 11.1. The zero-order valence-corrected chi connectivity index (χ0v) is 23.2. The minimum absolute atomic E-state index is 0.140. The maximum absolute atomic E-state index is 12.0. The Morgan fingerprint density at radius 3 is 1.89 bits per heavy atom. The molecule has 0 atom stereocenters. The fourth-order valence-corrected chi connectivity index (χ4v) is 4.96. The molecule has 10 heteroatoms. The lowest BCUT2D eigenvalue weighted by Crippen LogP contribution is -2.41. The molecule has 0 bridgehead atoms. The van der Waals surface area contributed by atoms with Crippen molar-refractivity contribution in [1.82, 2.24) is 0 Å². The number of rotatable bonds is 5. The summed E-state index contributed by atoms with van der Waals surface area (Å²) in [6.45, 7) is 13.5. The van der Waals surface area contributed by atoms with Crippen molar-refractivity contribution in [3.63, 3.8) is 0 Å². The van der Waals surface area contributed by atoms with Gasteiger partial charge in [-0.1, -0.05) is 26.0 Å². The molecular weight excluding hydrogens is 482 g/mol. The van der Waals surface area contributed by atoms with Crippen molar-refractivity contribution < 1.29 is 28.6 Å². The van der Waals surface area contributed by atoms with Crippen molar-refractivity contribution in [3.05, 3.63) is 47.5 Å². The fraction of sp³-hybridized carbons (Fsp3) is 0.500. The summed E-state index contributed by atoms with van der Waals surface area (Å²) in [6.07, 6.45) is 2.79. The van der Waals surface area contributed by atoms with Crippen LogP contribution in [0.3, 0.4) is 0 Å². The highest BCUT2D eigenvalue weighted by atomic mass is 16.7. The molecule has 2 aromatic rings. The lowest BCUT2D eigenvalue weighted by atomic mass is 9.78. The molecule has 3 aliphatic heterocycles. The Hall–Kier alpha value is -2.81. The van der Waals surface area contributed by atoms with Gasteiger partial charge in [0.25, 0.3) is 0 Å². The molecule has 0 aliphatic carbocycles. The van der Waals surface area contributed by atoms with E-state index in [4.69, 9.17) is 19.0 Å². The van der Waals surface area contributed by atoms with E-state index in [1.807, 2.05) is 43.0 Å². The first-order valence-electron chi connectivity index (χ1n) is 13.4. The third-order valence-corrected chi connectivity index (χ3v) is 7.87. The summed E-state index contributed by atoms with van der Waals surface area (Å²) >= 11 is 0. The number of hydrogen-bond donors (Lipinski definition) is 1. The smallest absolute Gasteiger partial charge is 0.537 e. The number of carbonyl (C=O) groups excluding carboxylic acids is 2. The van der Waals surface area contributed by atoms with Crippen molar-refractivity contribution in [2.45, 2.75) is 78.4 Å². The van der Waals surface area contributed by atoms with Crippen LogP contribution in [0.25, 0.3) is 0 Å². The van der Waals surface area contributed by atoms with Gasteiger partial charge in [0.2, 0.25) is 11.8 Å². The minimum atomic E-state index is -0.341. The fourth-order valence-electron chi connectivity index (χ4n) is 4.96. The SMILES string of the molecule is CCC(=O)N1CCc2cc(B3OC(C)(C)C(C)(C)O3)ccc21.CCC(=O)N1CCc2cc(O[B]O)ccc21. The molecule has 8 nitrogen and oxygen atoms in total. The summed E-state index contributed by atoms with van der Waals surface area (Å²) in [7, 11) is 0.317. The molecule has 1 saturated heterocycles. The third kappa shape index (κ3) is 5.48.